The van der Waals surface area contributed by atoms with Gasteiger partial charge in [0.05, 0.1) is 5.69 Å². The first-order valence-electron chi connectivity index (χ1n) is 5.93. The average Bonchev–Trinajstić information content (AvgIpc) is 2.28. The van der Waals surface area contributed by atoms with E-state index in [4.69, 9.17) is 5.73 Å². The van der Waals surface area contributed by atoms with Crippen LogP contribution in [0.2, 0.25) is 0 Å². The van der Waals surface area contributed by atoms with Crippen LogP contribution in [0.15, 0.2) is 35.3 Å². The van der Waals surface area contributed by atoms with Crippen LogP contribution in [0, 0.1) is 0 Å². The third-order valence-electron chi connectivity index (χ3n) is 2.81. The van der Waals surface area contributed by atoms with Crippen molar-refractivity contribution >= 4 is 21.6 Å². The summed E-state index contributed by atoms with van der Waals surface area (Å²) in [6, 6.07) is 6.39. The summed E-state index contributed by atoms with van der Waals surface area (Å²) in [5.41, 5.74) is 8.22. The second kappa shape index (κ2) is 6.82. The standard InChI is InChI=1S/C14H21BrN2/c1-4-5-6-9-17(3)14-8-7-12(11(2)16)10-13(14)15/h4,7-8,10-11H,1,5-6,9,16H2,2-3H3. The number of nitrogens with two attached hydrogens (primary N) is 1. The monoisotopic (exact) mass is 296 g/mol. The van der Waals surface area contributed by atoms with Crippen molar-refractivity contribution in [1.82, 2.24) is 0 Å². The van der Waals surface area contributed by atoms with E-state index in [0.29, 0.717) is 0 Å². The van der Waals surface area contributed by atoms with Gasteiger partial charge in [-0.15, -0.1) is 6.58 Å². The fraction of sp³-hybridized carbons (Fsp3) is 0.429. The Labute approximate surface area is 113 Å². The van der Waals surface area contributed by atoms with Crippen molar-refractivity contribution in [3.05, 3.63) is 40.9 Å². The molecule has 1 atom stereocenters. The van der Waals surface area contributed by atoms with E-state index >= 15 is 0 Å². The minimum Gasteiger partial charge on any atom is -0.374 e. The Kier molecular flexibility index (Phi) is 5.72. The lowest BCUT2D eigenvalue weighted by Crippen LogP contribution is -2.19. The zero-order valence-corrected chi connectivity index (χ0v) is 12.2. The average molecular weight is 297 g/mol. The van der Waals surface area contributed by atoms with Gasteiger partial charge in [-0.25, -0.2) is 0 Å². The fourth-order valence-corrected chi connectivity index (χ4v) is 2.41. The van der Waals surface area contributed by atoms with Gasteiger partial charge in [-0.05, 0) is 53.4 Å². The third kappa shape index (κ3) is 4.17. The van der Waals surface area contributed by atoms with Crippen LogP contribution < -0.4 is 10.6 Å². The van der Waals surface area contributed by atoms with Gasteiger partial charge in [-0.1, -0.05) is 12.1 Å². The van der Waals surface area contributed by atoms with E-state index in [2.05, 4.69) is 52.7 Å². The van der Waals surface area contributed by atoms with Crippen molar-refractivity contribution < 1.29 is 0 Å². The van der Waals surface area contributed by atoms with Crippen LogP contribution in [0.4, 0.5) is 5.69 Å². The van der Waals surface area contributed by atoms with Crippen LogP contribution in [0.25, 0.3) is 0 Å². The number of allylic oxidation sites excluding steroid dienone is 1. The minimum atomic E-state index is 0.0754. The Hall–Kier alpha value is -0.800. The number of rotatable bonds is 6. The lowest BCUT2D eigenvalue weighted by Gasteiger charge is -2.21. The zero-order valence-electron chi connectivity index (χ0n) is 10.6. The lowest BCUT2D eigenvalue weighted by atomic mass is 10.1. The van der Waals surface area contributed by atoms with Gasteiger partial charge in [0.25, 0.3) is 0 Å². The molecular formula is C14H21BrN2. The van der Waals surface area contributed by atoms with E-state index in [9.17, 15) is 0 Å². The molecule has 0 bridgehead atoms. The van der Waals surface area contributed by atoms with E-state index in [-0.39, 0.29) is 6.04 Å². The summed E-state index contributed by atoms with van der Waals surface area (Å²) in [5.74, 6) is 0. The Bertz CT molecular complexity index is 374. The molecule has 1 aromatic carbocycles. The molecule has 2 N–H and O–H groups in total. The molecule has 0 aliphatic rings. The largest absolute Gasteiger partial charge is 0.374 e. The topological polar surface area (TPSA) is 29.3 Å². The molecule has 2 nitrogen and oxygen atoms in total. The molecule has 0 saturated carbocycles. The molecule has 0 radical (unpaired) electrons. The first-order valence-corrected chi connectivity index (χ1v) is 6.72. The smallest absolute Gasteiger partial charge is 0.0508 e. The third-order valence-corrected chi connectivity index (χ3v) is 3.45. The summed E-state index contributed by atoms with van der Waals surface area (Å²) in [4.78, 5) is 2.25. The lowest BCUT2D eigenvalue weighted by molar-refractivity contribution is 0.795. The summed E-state index contributed by atoms with van der Waals surface area (Å²) in [6.45, 7) is 6.76. The van der Waals surface area contributed by atoms with Crippen LogP contribution in [-0.2, 0) is 0 Å². The van der Waals surface area contributed by atoms with Crippen LogP contribution in [0.3, 0.4) is 0 Å². The highest BCUT2D eigenvalue weighted by Crippen LogP contribution is 2.28. The number of halogens is 1. The molecule has 0 aromatic heterocycles. The normalized spacial score (nSPS) is 12.2. The molecule has 1 unspecified atom stereocenters. The summed E-state index contributed by atoms with van der Waals surface area (Å²) in [5, 5.41) is 0. The van der Waals surface area contributed by atoms with Gasteiger partial charge < -0.3 is 10.6 Å². The first-order chi connectivity index (χ1) is 8.06. The second-order valence-electron chi connectivity index (χ2n) is 4.35. The molecule has 0 heterocycles. The maximum Gasteiger partial charge on any atom is 0.0508 e. The van der Waals surface area contributed by atoms with Gasteiger partial charge in [0.1, 0.15) is 0 Å². The van der Waals surface area contributed by atoms with Gasteiger partial charge in [-0.2, -0.15) is 0 Å². The number of anilines is 1. The van der Waals surface area contributed by atoms with Crippen molar-refractivity contribution in [3.63, 3.8) is 0 Å². The Balaban J connectivity index is 2.73. The van der Waals surface area contributed by atoms with Crippen LogP contribution >= 0.6 is 15.9 Å². The van der Waals surface area contributed by atoms with Crippen molar-refractivity contribution in [2.75, 3.05) is 18.5 Å². The van der Waals surface area contributed by atoms with Crippen molar-refractivity contribution in [2.24, 2.45) is 5.73 Å². The number of benzene rings is 1. The van der Waals surface area contributed by atoms with Crippen molar-refractivity contribution in [3.8, 4) is 0 Å². The highest BCUT2D eigenvalue weighted by atomic mass is 79.9. The van der Waals surface area contributed by atoms with Gasteiger partial charge in [0.2, 0.25) is 0 Å². The number of hydrogen-bond acceptors (Lipinski definition) is 2. The minimum absolute atomic E-state index is 0.0754. The van der Waals surface area contributed by atoms with E-state index < -0.39 is 0 Å². The molecule has 0 amide bonds. The van der Waals surface area contributed by atoms with E-state index in [1.54, 1.807) is 0 Å². The van der Waals surface area contributed by atoms with E-state index in [0.717, 1.165) is 29.4 Å². The van der Waals surface area contributed by atoms with Gasteiger partial charge in [-0.3, -0.25) is 0 Å². The first kappa shape index (κ1) is 14.3. The van der Waals surface area contributed by atoms with Gasteiger partial charge in [0.15, 0.2) is 0 Å². The number of nitrogens with zero attached hydrogens (tertiary/aromatic N) is 1. The SMILES string of the molecule is C=CCCCN(C)c1ccc(C(C)N)cc1Br. The molecule has 1 aromatic rings. The summed E-state index contributed by atoms with van der Waals surface area (Å²) in [6.07, 6.45) is 4.14. The van der Waals surface area contributed by atoms with Crippen LogP contribution in [0.5, 0.6) is 0 Å². The van der Waals surface area contributed by atoms with E-state index in [1.807, 2.05) is 13.0 Å². The molecule has 17 heavy (non-hydrogen) atoms. The highest BCUT2D eigenvalue weighted by Gasteiger charge is 2.07. The van der Waals surface area contributed by atoms with Crippen molar-refractivity contribution in [1.29, 1.82) is 0 Å². The Morgan fingerprint density at radius 1 is 1.53 bits per heavy atom. The summed E-state index contributed by atoms with van der Waals surface area (Å²) in [7, 11) is 2.11. The van der Waals surface area contributed by atoms with Crippen LogP contribution in [0.1, 0.15) is 31.4 Å². The van der Waals surface area contributed by atoms with Gasteiger partial charge >= 0.3 is 0 Å². The number of hydrogen-bond donors (Lipinski definition) is 1. The molecule has 1 rings (SSSR count). The highest BCUT2D eigenvalue weighted by molar-refractivity contribution is 9.10. The molecule has 3 heteroatoms. The predicted molar refractivity (Wildman–Crippen MR) is 79.4 cm³/mol. The van der Waals surface area contributed by atoms with Gasteiger partial charge in [0, 0.05) is 24.1 Å². The second-order valence-corrected chi connectivity index (χ2v) is 5.21. The molecule has 0 saturated heterocycles. The molecular weight excluding hydrogens is 276 g/mol. The molecule has 0 aliphatic carbocycles. The Morgan fingerprint density at radius 3 is 2.76 bits per heavy atom. The molecule has 0 spiro atoms. The zero-order chi connectivity index (χ0) is 12.8. The maximum absolute atomic E-state index is 5.86. The van der Waals surface area contributed by atoms with Crippen LogP contribution in [-0.4, -0.2) is 13.6 Å². The fourth-order valence-electron chi connectivity index (χ4n) is 1.71. The summed E-state index contributed by atoms with van der Waals surface area (Å²) >= 11 is 3.61. The summed E-state index contributed by atoms with van der Waals surface area (Å²) < 4.78 is 1.11. The molecule has 0 fully saturated rings. The molecule has 94 valence electrons. The van der Waals surface area contributed by atoms with Crippen molar-refractivity contribution in [2.45, 2.75) is 25.8 Å². The van der Waals surface area contributed by atoms with E-state index in [1.165, 1.54) is 5.69 Å². The predicted octanol–water partition coefficient (Wildman–Crippen LogP) is 3.87. The maximum atomic E-state index is 5.86. The molecule has 0 aliphatic heterocycles. The Morgan fingerprint density at radius 2 is 2.24 bits per heavy atom. The quantitative estimate of drug-likeness (QED) is 0.638. The number of unbranched alkanes of at least 4 members (excludes halogenated alkanes) is 1.